The van der Waals surface area contributed by atoms with Crippen LogP contribution in [-0.2, 0) is 0 Å². The molecule has 2 aromatic rings. The van der Waals surface area contributed by atoms with Crippen molar-refractivity contribution in [1.29, 1.82) is 0 Å². The quantitative estimate of drug-likeness (QED) is 0.731. The van der Waals surface area contributed by atoms with Gasteiger partial charge in [-0.3, -0.25) is 4.98 Å². The van der Waals surface area contributed by atoms with E-state index in [1.807, 2.05) is 0 Å². The third-order valence-corrected chi connectivity index (χ3v) is 2.44. The highest BCUT2D eigenvalue weighted by molar-refractivity contribution is 6.33. The Hall–Kier alpha value is -1.26. The van der Waals surface area contributed by atoms with E-state index < -0.39 is 11.6 Å². The van der Waals surface area contributed by atoms with Crippen LogP contribution < -0.4 is 0 Å². The van der Waals surface area contributed by atoms with Gasteiger partial charge in [-0.05, 0) is 0 Å². The van der Waals surface area contributed by atoms with Crippen LogP contribution in [0.5, 0.6) is 0 Å². The van der Waals surface area contributed by atoms with Crippen LogP contribution in [0.15, 0.2) is 24.7 Å². The summed E-state index contributed by atoms with van der Waals surface area (Å²) < 4.78 is 27.0. The first-order valence-corrected chi connectivity index (χ1v) is 4.95. The first-order valence-electron chi connectivity index (χ1n) is 4.20. The molecule has 0 spiro atoms. The van der Waals surface area contributed by atoms with Crippen molar-refractivity contribution in [1.82, 2.24) is 9.97 Å². The van der Waals surface area contributed by atoms with Crippen molar-refractivity contribution in [3.63, 3.8) is 0 Å². The number of hydrogen-bond acceptors (Lipinski definition) is 2. The average Bonchev–Trinajstić information content (AvgIpc) is 2.20. The SMILES string of the molecule is Fc1cc(Cl)ncc1-c1c(F)cncc1Cl. The van der Waals surface area contributed by atoms with E-state index >= 15 is 0 Å². The Kier molecular flexibility index (Phi) is 3.03. The van der Waals surface area contributed by atoms with Gasteiger partial charge in [0.15, 0.2) is 5.82 Å². The maximum Gasteiger partial charge on any atom is 0.150 e. The summed E-state index contributed by atoms with van der Waals surface area (Å²) in [4.78, 5) is 7.22. The lowest BCUT2D eigenvalue weighted by atomic mass is 10.1. The molecule has 0 fully saturated rings. The second-order valence-electron chi connectivity index (χ2n) is 2.97. The molecular formula is C10H4Cl2F2N2. The summed E-state index contributed by atoms with van der Waals surface area (Å²) >= 11 is 11.2. The van der Waals surface area contributed by atoms with Gasteiger partial charge in [-0.1, -0.05) is 23.2 Å². The summed E-state index contributed by atoms with van der Waals surface area (Å²) in [6.07, 6.45) is 3.31. The van der Waals surface area contributed by atoms with Gasteiger partial charge in [0, 0.05) is 29.6 Å². The summed E-state index contributed by atoms with van der Waals surface area (Å²) in [5.74, 6) is -1.40. The van der Waals surface area contributed by atoms with E-state index in [2.05, 4.69) is 9.97 Å². The molecule has 0 unspecified atom stereocenters. The van der Waals surface area contributed by atoms with Crippen molar-refractivity contribution in [3.05, 3.63) is 46.5 Å². The number of rotatable bonds is 1. The molecule has 0 aliphatic carbocycles. The summed E-state index contributed by atoms with van der Waals surface area (Å²) in [5, 5.41) is 0.00913. The van der Waals surface area contributed by atoms with Crippen LogP contribution >= 0.6 is 23.2 Å². The van der Waals surface area contributed by atoms with E-state index in [9.17, 15) is 8.78 Å². The molecular weight excluding hydrogens is 257 g/mol. The van der Waals surface area contributed by atoms with E-state index in [1.54, 1.807) is 0 Å². The third kappa shape index (κ3) is 1.99. The standard InChI is InChI=1S/C10H4Cl2F2N2/c11-6-3-15-4-8(14)10(6)5-2-16-9(12)1-7(5)13/h1-4H. The third-order valence-electron chi connectivity index (χ3n) is 1.94. The molecule has 0 radical (unpaired) electrons. The van der Waals surface area contributed by atoms with Crippen LogP contribution in [0.1, 0.15) is 0 Å². The lowest BCUT2D eigenvalue weighted by Crippen LogP contribution is -1.92. The first-order chi connectivity index (χ1) is 7.59. The molecule has 0 saturated heterocycles. The molecule has 6 heteroatoms. The summed E-state index contributed by atoms with van der Waals surface area (Å²) in [6.45, 7) is 0. The maximum atomic E-state index is 13.5. The van der Waals surface area contributed by atoms with Crippen molar-refractivity contribution in [2.45, 2.75) is 0 Å². The number of nitrogens with zero attached hydrogens (tertiary/aromatic N) is 2. The molecule has 0 N–H and O–H groups in total. The molecule has 82 valence electrons. The van der Waals surface area contributed by atoms with Gasteiger partial charge in [-0.2, -0.15) is 0 Å². The monoisotopic (exact) mass is 260 g/mol. The zero-order chi connectivity index (χ0) is 11.7. The normalized spacial score (nSPS) is 10.5. The number of pyridine rings is 2. The van der Waals surface area contributed by atoms with Crippen LogP contribution in [0.25, 0.3) is 11.1 Å². The Morgan fingerprint density at radius 1 is 1.00 bits per heavy atom. The van der Waals surface area contributed by atoms with Crippen molar-refractivity contribution < 1.29 is 8.78 Å². The van der Waals surface area contributed by atoms with Crippen LogP contribution in [0.4, 0.5) is 8.78 Å². The van der Waals surface area contributed by atoms with E-state index in [0.717, 1.165) is 18.5 Å². The van der Waals surface area contributed by atoms with Crippen LogP contribution in [-0.4, -0.2) is 9.97 Å². The largest absolute Gasteiger partial charge is 0.260 e. The molecule has 0 amide bonds. The molecule has 2 heterocycles. The highest BCUT2D eigenvalue weighted by atomic mass is 35.5. The fourth-order valence-electron chi connectivity index (χ4n) is 1.26. The van der Waals surface area contributed by atoms with Gasteiger partial charge in [-0.25, -0.2) is 13.8 Å². The van der Waals surface area contributed by atoms with Gasteiger partial charge >= 0.3 is 0 Å². The van der Waals surface area contributed by atoms with Gasteiger partial charge < -0.3 is 0 Å². The second kappa shape index (κ2) is 4.31. The minimum atomic E-state index is -0.712. The molecule has 2 aromatic heterocycles. The van der Waals surface area contributed by atoms with E-state index in [4.69, 9.17) is 23.2 Å². The fourth-order valence-corrected chi connectivity index (χ4v) is 1.65. The molecule has 0 aromatic carbocycles. The lowest BCUT2D eigenvalue weighted by molar-refractivity contribution is 0.611. The predicted molar refractivity (Wildman–Crippen MR) is 57.4 cm³/mol. The van der Waals surface area contributed by atoms with Crippen molar-refractivity contribution in [2.24, 2.45) is 0 Å². The Morgan fingerprint density at radius 3 is 2.38 bits per heavy atom. The number of aromatic nitrogens is 2. The van der Waals surface area contributed by atoms with E-state index in [1.165, 1.54) is 6.20 Å². The Bertz CT molecular complexity index is 526. The second-order valence-corrected chi connectivity index (χ2v) is 3.76. The molecule has 2 nitrogen and oxygen atoms in total. The molecule has 0 bridgehead atoms. The van der Waals surface area contributed by atoms with Gasteiger partial charge in [-0.15, -0.1) is 0 Å². The number of halogens is 4. The summed E-state index contributed by atoms with van der Waals surface area (Å²) in [6, 6.07) is 0.993. The summed E-state index contributed by atoms with van der Waals surface area (Å²) in [5.41, 5.74) is -0.118. The Labute approximate surface area is 99.9 Å². The molecule has 0 aliphatic rings. The topological polar surface area (TPSA) is 25.8 Å². The van der Waals surface area contributed by atoms with Crippen LogP contribution in [0.3, 0.4) is 0 Å². The zero-order valence-corrected chi connectivity index (χ0v) is 9.23. The van der Waals surface area contributed by atoms with Crippen molar-refractivity contribution >= 4 is 23.2 Å². The van der Waals surface area contributed by atoms with Gasteiger partial charge in [0.05, 0.1) is 11.2 Å². The Morgan fingerprint density at radius 2 is 1.75 bits per heavy atom. The van der Waals surface area contributed by atoms with E-state index in [-0.39, 0.29) is 21.3 Å². The Balaban J connectivity index is 2.68. The van der Waals surface area contributed by atoms with E-state index in [0.29, 0.717) is 0 Å². The smallest absolute Gasteiger partial charge is 0.150 e. The predicted octanol–water partition coefficient (Wildman–Crippen LogP) is 3.73. The highest BCUT2D eigenvalue weighted by Gasteiger charge is 2.15. The average molecular weight is 261 g/mol. The molecule has 0 saturated carbocycles. The highest BCUT2D eigenvalue weighted by Crippen LogP contribution is 2.31. The summed E-state index contributed by atoms with van der Waals surface area (Å²) in [7, 11) is 0. The van der Waals surface area contributed by atoms with Crippen molar-refractivity contribution in [3.8, 4) is 11.1 Å². The van der Waals surface area contributed by atoms with Crippen molar-refractivity contribution in [2.75, 3.05) is 0 Å². The van der Waals surface area contributed by atoms with Gasteiger partial charge in [0.2, 0.25) is 0 Å². The van der Waals surface area contributed by atoms with Gasteiger partial charge in [0.25, 0.3) is 0 Å². The van der Waals surface area contributed by atoms with Gasteiger partial charge in [0.1, 0.15) is 11.0 Å². The molecule has 0 atom stereocenters. The maximum absolute atomic E-state index is 13.5. The minimum Gasteiger partial charge on any atom is -0.260 e. The zero-order valence-electron chi connectivity index (χ0n) is 7.72. The number of hydrogen-bond donors (Lipinski definition) is 0. The van der Waals surface area contributed by atoms with Crippen LogP contribution in [0, 0.1) is 11.6 Å². The molecule has 0 aliphatic heterocycles. The fraction of sp³-hybridized carbons (Fsp3) is 0. The first kappa shape index (κ1) is 11.2. The molecule has 2 rings (SSSR count). The van der Waals surface area contributed by atoms with Crippen LogP contribution in [0.2, 0.25) is 10.2 Å². The lowest BCUT2D eigenvalue weighted by Gasteiger charge is -2.06. The minimum absolute atomic E-state index is 0.00756. The molecule has 16 heavy (non-hydrogen) atoms.